The van der Waals surface area contributed by atoms with Gasteiger partial charge in [-0.1, -0.05) is 13.8 Å². The number of hydrogen-bond acceptors (Lipinski definition) is 4. The van der Waals surface area contributed by atoms with E-state index in [-0.39, 0.29) is 6.04 Å². The van der Waals surface area contributed by atoms with Crippen LogP contribution in [0, 0.1) is 0 Å². The van der Waals surface area contributed by atoms with Crippen LogP contribution in [0.2, 0.25) is 0 Å². The molecule has 0 aromatic rings. The summed E-state index contributed by atoms with van der Waals surface area (Å²) < 4.78 is 27.9. The number of aliphatic hydroxyl groups excluding tert-OH is 1. The van der Waals surface area contributed by atoms with E-state index in [1.165, 1.54) is 8.61 Å². The Morgan fingerprint density at radius 3 is 2.16 bits per heavy atom. The van der Waals surface area contributed by atoms with E-state index in [9.17, 15) is 13.5 Å². The molecular weight excluding hydrogens is 266 g/mol. The molecule has 0 aliphatic carbocycles. The molecule has 19 heavy (non-hydrogen) atoms. The standard InChI is InChI=1S/C12H27N3O3S/c1-5-14(6-2)19(17,18)15-9-7-11(13(3)4)12(16)8-10-15/h11-12,16H,5-10H2,1-4H3/t11-,12-/m0/s1. The van der Waals surface area contributed by atoms with Crippen LogP contribution in [0.4, 0.5) is 0 Å². The Hall–Kier alpha value is -0.210. The molecule has 1 saturated heterocycles. The fraction of sp³-hybridized carbons (Fsp3) is 1.00. The second kappa shape index (κ2) is 6.99. The summed E-state index contributed by atoms with van der Waals surface area (Å²) in [5, 5.41) is 10.1. The van der Waals surface area contributed by atoms with E-state index in [4.69, 9.17) is 0 Å². The zero-order valence-electron chi connectivity index (χ0n) is 12.4. The molecule has 0 radical (unpaired) electrons. The van der Waals surface area contributed by atoms with Gasteiger partial charge in [0.2, 0.25) is 0 Å². The fourth-order valence-corrected chi connectivity index (χ4v) is 4.25. The predicted octanol–water partition coefficient (Wildman–Crippen LogP) is -0.0401. The van der Waals surface area contributed by atoms with E-state index < -0.39 is 16.3 Å². The van der Waals surface area contributed by atoms with Gasteiger partial charge in [-0.2, -0.15) is 17.0 Å². The van der Waals surface area contributed by atoms with Crippen molar-refractivity contribution in [1.29, 1.82) is 0 Å². The van der Waals surface area contributed by atoms with Crippen LogP contribution in [0.3, 0.4) is 0 Å². The van der Waals surface area contributed by atoms with Crippen molar-refractivity contribution >= 4 is 10.2 Å². The summed E-state index contributed by atoms with van der Waals surface area (Å²) in [7, 11) is 0.455. The highest BCUT2D eigenvalue weighted by molar-refractivity contribution is 7.86. The zero-order valence-corrected chi connectivity index (χ0v) is 13.2. The minimum atomic E-state index is -3.38. The Bertz CT molecular complexity index is 368. The van der Waals surface area contributed by atoms with Crippen LogP contribution in [0.15, 0.2) is 0 Å². The second-order valence-corrected chi connectivity index (χ2v) is 7.10. The quantitative estimate of drug-likeness (QED) is 0.772. The van der Waals surface area contributed by atoms with Crippen LogP contribution in [0.1, 0.15) is 26.7 Å². The molecule has 1 fully saturated rings. The van der Waals surface area contributed by atoms with Crippen LogP contribution in [0.25, 0.3) is 0 Å². The van der Waals surface area contributed by atoms with Gasteiger partial charge in [-0.15, -0.1) is 0 Å². The van der Waals surface area contributed by atoms with E-state index >= 15 is 0 Å². The summed E-state index contributed by atoms with van der Waals surface area (Å²) >= 11 is 0. The molecule has 0 aromatic heterocycles. The Kier molecular flexibility index (Phi) is 6.19. The molecule has 7 heteroatoms. The van der Waals surface area contributed by atoms with Gasteiger partial charge in [0, 0.05) is 32.2 Å². The fourth-order valence-electron chi connectivity index (χ4n) is 2.60. The van der Waals surface area contributed by atoms with Crippen LogP contribution >= 0.6 is 0 Å². The van der Waals surface area contributed by atoms with Crippen molar-refractivity contribution < 1.29 is 13.5 Å². The number of rotatable bonds is 5. The minimum Gasteiger partial charge on any atom is -0.391 e. The molecule has 0 spiro atoms. The maximum absolute atomic E-state index is 12.4. The highest BCUT2D eigenvalue weighted by Crippen LogP contribution is 2.19. The summed E-state index contributed by atoms with van der Waals surface area (Å²) in [5.74, 6) is 0. The highest BCUT2D eigenvalue weighted by atomic mass is 32.2. The molecule has 6 nitrogen and oxygen atoms in total. The Morgan fingerprint density at radius 2 is 1.68 bits per heavy atom. The summed E-state index contributed by atoms with van der Waals surface area (Å²) in [5.41, 5.74) is 0. The number of likely N-dealkylation sites (N-methyl/N-ethyl adjacent to an activating group) is 1. The Balaban J connectivity index is 2.82. The smallest absolute Gasteiger partial charge is 0.281 e. The lowest BCUT2D eigenvalue weighted by atomic mass is 10.1. The summed E-state index contributed by atoms with van der Waals surface area (Å²) in [6.45, 7) is 5.51. The van der Waals surface area contributed by atoms with E-state index in [1.807, 2.05) is 32.8 Å². The van der Waals surface area contributed by atoms with Gasteiger partial charge in [-0.05, 0) is 26.9 Å². The number of aliphatic hydroxyl groups is 1. The first kappa shape index (κ1) is 16.8. The maximum atomic E-state index is 12.4. The average molecular weight is 293 g/mol. The Labute approximate surface area is 117 Å². The number of hydrogen-bond donors (Lipinski definition) is 1. The van der Waals surface area contributed by atoms with Crippen molar-refractivity contribution in [1.82, 2.24) is 13.5 Å². The maximum Gasteiger partial charge on any atom is 0.281 e. The molecule has 0 saturated carbocycles. The van der Waals surface area contributed by atoms with Gasteiger partial charge in [-0.3, -0.25) is 0 Å². The van der Waals surface area contributed by atoms with Crippen molar-refractivity contribution in [2.75, 3.05) is 40.3 Å². The van der Waals surface area contributed by atoms with Crippen molar-refractivity contribution in [2.24, 2.45) is 0 Å². The minimum absolute atomic E-state index is 0.0249. The van der Waals surface area contributed by atoms with Gasteiger partial charge >= 0.3 is 0 Å². The van der Waals surface area contributed by atoms with E-state index in [1.54, 1.807) is 0 Å². The van der Waals surface area contributed by atoms with Gasteiger partial charge in [-0.25, -0.2) is 0 Å². The van der Waals surface area contributed by atoms with E-state index in [0.29, 0.717) is 39.0 Å². The van der Waals surface area contributed by atoms with Gasteiger partial charge in [0.25, 0.3) is 10.2 Å². The van der Waals surface area contributed by atoms with Gasteiger partial charge in [0.1, 0.15) is 0 Å². The predicted molar refractivity (Wildman–Crippen MR) is 76.1 cm³/mol. The topological polar surface area (TPSA) is 64.1 Å². The molecular formula is C12H27N3O3S. The first-order valence-corrected chi connectivity index (χ1v) is 8.34. The largest absolute Gasteiger partial charge is 0.391 e. The molecule has 114 valence electrons. The molecule has 0 aromatic carbocycles. The summed E-state index contributed by atoms with van der Waals surface area (Å²) in [6.07, 6.45) is 0.685. The first-order chi connectivity index (χ1) is 8.84. The average Bonchev–Trinajstić information content (AvgIpc) is 2.52. The van der Waals surface area contributed by atoms with Crippen molar-refractivity contribution in [3.63, 3.8) is 0 Å². The van der Waals surface area contributed by atoms with Gasteiger partial charge in [0.15, 0.2) is 0 Å². The van der Waals surface area contributed by atoms with Crippen LogP contribution in [0.5, 0.6) is 0 Å². The lowest BCUT2D eigenvalue weighted by Gasteiger charge is -2.28. The molecule has 2 atom stereocenters. The third kappa shape index (κ3) is 3.88. The van der Waals surface area contributed by atoms with Gasteiger partial charge < -0.3 is 10.0 Å². The first-order valence-electron chi connectivity index (χ1n) is 6.94. The molecule has 1 aliphatic rings. The van der Waals surface area contributed by atoms with Crippen LogP contribution in [-0.2, 0) is 10.2 Å². The van der Waals surface area contributed by atoms with Crippen molar-refractivity contribution in [2.45, 2.75) is 38.8 Å². The SMILES string of the molecule is CCN(CC)S(=O)(=O)N1CC[C@H](O)[C@@H](N(C)C)CC1. The molecule has 1 aliphatic heterocycles. The van der Waals surface area contributed by atoms with E-state index in [2.05, 4.69) is 0 Å². The molecule has 0 amide bonds. The van der Waals surface area contributed by atoms with Crippen molar-refractivity contribution in [3.05, 3.63) is 0 Å². The molecule has 0 bridgehead atoms. The molecule has 1 heterocycles. The third-order valence-corrected chi connectivity index (χ3v) is 6.00. The second-order valence-electron chi connectivity index (χ2n) is 5.17. The monoisotopic (exact) mass is 293 g/mol. The zero-order chi connectivity index (χ0) is 14.6. The number of nitrogens with zero attached hydrogens (tertiary/aromatic N) is 3. The third-order valence-electron chi connectivity index (χ3n) is 3.81. The summed E-state index contributed by atoms with van der Waals surface area (Å²) in [6, 6.07) is 0.0249. The van der Waals surface area contributed by atoms with Crippen molar-refractivity contribution in [3.8, 4) is 0 Å². The lowest BCUT2D eigenvalue weighted by Crippen LogP contribution is -2.44. The molecule has 0 unspecified atom stereocenters. The Morgan fingerprint density at radius 1 is 1.16 bits per heavy atom. The normalized spacial score (nSPS) is 26.9. The summed E-state index contributed by atoms with van der Waals surface area (Å²) in [4.78, 5) is 1.97. The van der Waals surface area contributed by atoms with Gasteiger partial charge in [0.05, 0.1) is 6.10 Å². The van der Waals surface area contributed by atoms with Crippen LogP contribution in [-0.4, -0.2) is 79.5 Å². The molecule has 1 rings (SSSR count). The molecule has 1 N–H and O–H groups in total. The van der Waals surface area contributed by atoms with E-state index in [0.717, 1.165) is 0 Å². The highest BCUT2D eigenvalue weighted by Gasteiger charge is 2.33. The lowest BCUT2D eigenvalue weighted by molar-refractivity contribution is 0.0738. The van der Waals surface area contributed by atoms with Crippen LogP contribution < -0.4 is 0 Å².